The molecule has 0 aromatic carbocycles. The fraction of sp³-hybridized carbons (Fsp3) is 0.667. The Balaban J connectivity index is 2.32. The Morgan fingerprint density at radius 3 is 2.38 bits per heavy atom. The summed E-state index contributed by atoms with van der Waals surface area (Å²) in [4.78, 5) is 11.5. The molecule has 0 aliphatic rings. The van der Waals surface area contributed by atoms with Gasteiger partial charge in [-0.15, -0.1) is 0 Å². The summed E-state index contributed by atoms with van der Waals surface area (Å²) >= 11 is 0. The molecule has 7 nitrogen and oxygen atoms in total. The number of nitrogens with two attached hydrogens (primary N) is 3. The Kier molecular flexibility index (Phi) is 4.71. The van der Waals surface area contributed by atoms with Gasteiger partial charge in [0.05, 0.1) is 0 Å². The van der Waals surface area contributed by atoms with Crippen LogP contribution in [-0.2, 0) is 0 Å². The van der Waals surface area contributed by atoms with E-state index in [-0.39, 0.29) is 17.9 Å². The second-order valence-electron chi connectivity index (χ2n) is 3.61. The predicted octanol–water partition coefficient (Wildman–Crippen LogP) is -0.0346. The first kappa shape index (κ1) is 12.4. The SMILES string of the molecule is CCC(N)CCCNc1nc(N)nc(N)n1. The summed E-state index contributed by atoms with van der Waals surface area (Å²) in [6.07, 6.45) is 2.92. The highest BCUT2D eigenvalue weighted by atomic mass is 15.2. The molecule has 7 heteroatoms. The predicted molar refractivity (Wildman–Crippen MR) is 64.6 cm³/mol. The van der Waals surface area contributed by atoms with Crippen molar-refractivity contribution >= 4 is 17.8 Å². The second-order valence-corrected chi connectivity index (χ2v) is 3.61. The van der Waals surface area contributed by atoms with E-state index in [0.717, 1.165) is 25.8 Å². The lowest BCUT2D eigenvalue weighted by atomic mass is 10.1. The average Bonchev–Trinajstić information content (AvgIpc) is 2.22. The molecule has 1 aromatic heterocycles. The second kappa shape index (κ2) is 6.06. The van der Waals surface area contributed by atoms with Crippen molar-refractivity contribution in [2.75, 3.05) is 23.3 Å². The molecule has 7 N–H and O–H groups in total. The normalized spacial score (nSPS) is 12.4. The minimum atomic E-state index is 0.125. The number of hydrogen-bond donors (Lipinski definition) is 4. The molecule has 0 bridgehead atoms. The molecule has 0 aliphatic heterocycles. The fourth-order valence-electron chi connectivity index (χ4n) is 1.26. The van der Waals surface area contributed by atoms with Crippen molar-refractivity contribution < 1.29 is 0 Å². The van der Waals surface area contributed by atoms with Crippen LogP contribution >= 0.6 is 0 Å². The topological polar surface area (TPSA) is 129 Å². The molecule has 0 radical (unpaired) electrons. The highest BCUT2D eigenvalue weighted by Gasteiger charge is 2.02. The number of nitrogens with zero attached hydrogens (tertiary/aromatic N) is 3. The van der Waals surface area contributed by atoms with E-state index in [1.54, 1.807) is 0 Å². The van der Waals surface area contributed by atoms with Gasteiger partial charge in [-0.25, -0.2) is 0 Å². The van der Waals surface area contributed by atoms with E-state index in [4.69, 9.17) is 17.2 Å². The van der Waals surface area contributed by atoms with Crippen molar-refractivity contribution in [3.8, 4) is 0 Å². The van der Waals surface area contributed by atoms with E-state index in [1.807, 2.05) is 0 Å². The number of hydrogen-bond acceptors (Lipinski definition) is 7. The lowest BCUT2D eigenvalue weighted by molar-refractivity contribution is 0.578. The lowest BCUT2D eigenvalue weighted by Gasteiger charge is -2.09. The lowest BCUT2D eigenvalue weighted by Crippen LogP contribution is -2.20. The highest BCUT2D eigenvalue weighted by molar-refractivity contribution is 5.36. The Morgan fingerprint density at radius 1 is 1.19 bits per heavy atom. The van der Waals surface area contributed by atoms with Gasteiger partial charge in [0.2, 0.25) is 17.8 Å². The standard InChI is InChI=1S/C9H19N7/c1-2-6(10)4-3-5-13-9-15-7(11)14-8(12)16-9/h6H,2-5,10H2,1H3,(H5,11,12,13,14,15,16). The third-order valence-electron chi connectivity index (χ3n) is 2.23. The van der Waals surface area contributed by atoms with Crippen molar-refractivity contribution in [2.24, 2.45) is 5.73 Å². The monoisotopic (exact) mass is 225 g/mol. The van der Waals surface area contributed by atoms with Crippen molar-refractivity contribution in [1.82, 2.24) is 15.0 Å². The molecule has 16 heavy (non-hydrogen) atoms. The zero-order valence-corrected chi connectivity index (χ0v) is 9.48. The molecule has 0 spiro atoms. The van der Waals surface area contributed by atoms with E-state index in [0.29, 0.717) is 5.95 Å². The molecule has 1 unspecified atom stereocenters. The van der Waals surface area contributed by atoms with Crippen LogP contribution in [0.15, 0.2) is 0 Å². The largest absolute Gasteiger partial charge is 0.368 e. The van der Waals surface area contributed by atoms with Gasteiger partial charge < -0.3 is 22.5 Å². The summed E-state index contributed by atoms with van der Waals surface area (Å²) < 4.78 is 0. The van der Waals surface area contributed by atoms with Crippen LogP contribution in [0.5, 0.6) is 0 Å². The minimum absolute atomic E-state index is 0.125. The van der Waals surface area contributed by atoms with Crippen LogP contribution in [-0.4, -0.2) is 27.5 Å². The summed E-state index contributed by atoms with van der Waals surface area (Å²) in [5.41, 5.74) is 16.7. The van der Waals surface area contributed by atoms with E-state index >= 15 is 0 Å². The maximum atomic E-state index is 5.79. The summed E-state index contributed by atoms with van der Waals surface area (Å²) in [6.45, 7) is 2.82. The molecule has 1 aromatic rings. The molecule has 90 valence electrons. The highest BCUT2D eigenvalue weighted by Crippen LogP contribution is 2.04. The van der Waals surface area contributed by atoms with Gasteiger partial charge in [-0.3, -0.25) is 0 Å². The van der Waals surface area contributed by atoms with E-state index in [2.05, 4.69) is 27.2 Å². The molecule has 0 aliphatic carbocycles. The zero-order valence-electron chi connectivity index (χ0n) is 9.48. The Bertz CT molecular complexity index is 307. The van der Waals surface area contributed by atoms with Gasteiger partial charge in [0.1, 0.15) is 0 Å². The van der Waals surface area contributed by atoms with Crippen molar-refractivity contribution in [3.63, 3.8) is 0 Å². The summed E-state index contributed by atoms with van der Waals surface area (Å²) in [5, 5.41) is 3.03. The molecule has 1 atom stereocenters. The number of rotatable bonds is 6. The van der Waals surface area contributed by atoms with Crippen LogP contribution in [0.2, 0.25) is 0 Å². The van der Waals surface area contributed by atoms with E-state index < -0.39 is 0 Å². The summed E-state index contributed by atoms with van der Waals surface area (Å²) in [7, 11) is 0. The molecule has 0 fully saturated rings. The van der Waals surface area contributed by atoms with Gasteiger partial charge in [0, 0.05) is 12.6 Å². The first-order chi connectivity index (χ1) is 7.61. The van der Waals surface area contributed by atoms with Crippen LogP contribution in [0.3, 0.4) is 0 Å². The summed E-state index contributed by atoms with van der Waals surface area (Å²) in [5.74, 6) is 0.663. The minimum Gasteiger partial charge on any atom is -0.368 e. The van der Waals surface area contributed by atoms with Gasteiger partial charge in [-0.2, -0.15) is 15.0 Å². The molecule has 0 amide bonds. The molecule has 0 saturated heterocycles. The maximum Gasteiger partial charge on any atom is 0.229 e. The van der Waals surface area contributed by atoms with Crippen molar-refractivity contribution in [2.45, 2.75) is 32.2 Å². The van der Waals surface area contributed by atoms with Crippen LogP contribution in [0.25, 0.3) is 0 Å². The van der Waals surface area contributed by atoms with Crippen molar-refractivity contribution in [1.29, 1.82) is 0 Å². The van der Waals surface area contributed by atoms with E-state index in [1.165, 1.54) is 0 Å². The van der Waals surface area contributed by atoms with Gasteiger partial charge in [-0.05, 0) is 19.3 Å². The number of nitrogen functional groups attached to an aromatic ring is 2. The first-order valence-electron chi connectivity index (χ1n) is 5.38. The number of nitrogens with one attached hydrogen (secondary N) is 1. The van der Waals surface area contributed by atoms with Crippen LogP contribution in [0.4, 0.5) is 17.8 Å². The van der Waals surface area contributed by atoms with Crippen LogP contribution in [0.1, 0.15) is 26.2 Å². The summed E-state index contributed by atoms with van der Waals surface area (Å²) in [6, 6.07) is 0.260. The average molecular weight is 225 g/mol. The molecule has 1 heterocycles. The van der Waals surface area contributed by atoms with Crippen molar-refractivity contribution in [3.05, 3.63) is 0 Å². The van der Waals surface area contributed by atoms with Gasteiger partial charge in [-0.1, -0.05) is 6.92 Å². The number of aromatic nitrogens is 3. The molecule has 1 rings (SSSR count). The Morgan fingerprint density at radius 2 is 1.81 bits per heavy atom. The smallest absolute Gasteiger partial charge is 0.229 e. The van der Waals surface area contributed by atoms with Crippen LogP contribution < -0.4 is 22.5 Å². The number of anilines is 3. The Hall–Kier alpha value is -1.63. The Labute approximate surface area is 94.8 Å². The first-order valence-corrected chi connectivity index (χ1v) is 5.38. The quantitative estimate of drug-likeness (QED) is 0.500. The van der Waals surface area contributed by atoms with Gasteiger partial charge in [0.25, 0.3) is 0 Å². The van der Waals surface area contributed by atoms with Gasteiger partial charge >= 0.3 is 0 Å². The molecular weight excluding hydrogens is 206 g/mol. The van der Waals surface area contributed by atoms with E-state index in [9.17, 15) is 0 Å². The molecular formula is C9H19N7. The fourth-order valence-corrected chi connectivity index (χ4v) is 1.26. The third kappa shape index (κ3) is 4.26. The van der Waals surface area contributed by atoms with Gasteiger partial charge in [0.15, 0.2) is 0 Å². The third-order valence-corrected chi connectivity index (χ3v) is 2.23. The molecule has 0 saturated carbocycles. The maximum absolute atomic E-state index is 5.79. The zero-order chi connectivity index (χ0) is 12.0. The van der Waals surface area contributed by atoms with Crippen LogP contribution in [0, 0.1) is 0 Å².